The molecule has 0 N–H and O–H groups in total. The van der Waals surface area contributed by atoms with Gasteiger partial charge in [-0.05, 0) is 43.4 Å². The van der Waals surface area contributed by atoms with Gasteiger partial charge in [0.2, 0.25) is 0 Å². The first-order chi connectivity index (χ1) is 9.51. The average molecular weight is 340 g/mol. The predicted molar refractivity (Wildman–Crippen MR) is 83.8 cm³/mol. The molecule has 1 heterocycles. The molecule has 1 saturated heterocycles. The summed E-state index contributed by atoms with van der Waals surface area (Å²) in [5, 5.41) is 0. The number of nitrogens with zero attached hydrogens (tertiary/aromatic N) is 1. The van der Waals surface area contributed by atoms with E-state index in [1.807, 2.05) is 18.2 Å². The molecule has 0 spiro atoms. The van der Waals surface area contributed by atoms with Gasteiger partial charge in [-0.25, -0.2) is 4.79 Å². The number of piperidine rings is 1. The topological polar surface area (TPSA) is 29.5 Å². The van der Waals surface area contributed by atoms with E-state index in [-0.39, 0.29) is 5.97 Å². The van der Waals surface area contributed by atoms with Crippen LogP contribution in [0.5, 0.6) is 0 Å². The van der Waals surface area contributed by atoms with Crippen LogP contribution in [0.4, 0.5) is 0 Å². The number of carbonyl (C=O) groups is 1. The zero-order valence-electron chi connectivity index (χ0n) is 12.4. The smallest absolute Gasteiger partial charge is 0.337 e. The zero-order valence-corrected chi connectivity index (χ0v) is 13.9. The molecule has 1 aliphatic rings. The number of halogens is 1. The lowest BCUT2D eigenvalue weighted by Gasteiger charge is -2.37. The Kier molecular flexibility index (Phi) is 5.22. The van der Waals surface area contributed by atoms with Crippen molar-refractivity contribution in [2.45, 2.75) is 39.3 Å². The van der Waals surface area contributed by atoms with Crippen molar-refractivity contribution >= 4 is 21.9 Å². The van der Waals surface area contributed by atoms with Gasteiger partial charge >= 0.3 is 5.97 Å². The molecule has 1 aliphatic heterocycles. The highest BCUT2D eigenvalue weighted by molar-refractivity contribution is 9.10. The van der Waals surface area contributed by atoms with E-state index >= 15 is 0 Å². The van der Waals surface area contributed by atoms with Crippen molar-refractivity contribution in [1.29, 1.82) is 0 Å². The quantitative estimate of drug-likeness (QED) is 0.783. The van der Waals surface area contributed by atoms with Crippen LogP contribution in [0.15, 0.2) is 22.7 Å². The lowest BCUT2D eigenvalue weighted by molar-refractivity contribution is 0.0600. The Hall–Kier alpha value is -0.870. The Morgan fingerprint density at radius 3 is 2.80 bits per heavy atom. The molecule has 1 aromatic carbocycles. The van der Waals surface area contributed by atoms with Crippen molar-refractivity contribution in [3.8, 4) is 0 Å². The number of benzene rings is 1. The molecule has 20 heavy (non-hydrogen) atoms. The van der Waals surface area contributed by atoms with E-state index in [1.165, 1.54) is 25.5 Å². The molecule has 0 aromatic heterocycles. The molecule has 3 nitrogen and oxygen atoms in total. The van der Waals surface area contributed by atoms with Gasteiger partial charge in [0.25, 0.3) is 0 Å². The molecule has 0 bridgehead atoms. The van der Waals surface area contributed by atoms with Crippen molar-refractivity contribution in [2.24, 2.45) is 5.92 Å². The minimum atomic E-state index is -0.294. The largest absolute Gasteiger partial charge is 0.465 e. The number of carbonyl (C=O) groups excluding carboxylic acids is 1. The van der Waals surface area contributed by atoms with Crippen LogP contribution in [-0.4, -0.2) is 30.6 Å². The molecule has 0 saturated carbocycles. The normalized spacial score (nSPS) is 23.6. The van der Waals surface area contributed by atoms with Gasteiger partial charge in [-0.1, -0.05) is 28.9 Å². The second kappa shape index (κ2) is 6.72. The monoisotopic (exact) mass is 339 g/mol. The fourth-order valence-corrected chi connectivity index (χ4v) is 3.24. The Morgan fingerprint density at radius 2 is 2.15 bits per heavy atom. The molecular weight excluding hydrogens is 318 g/mol. The zero-order chi connectivity index (χ0) is 14.7. The summed E-state index contributed by atoms with van der Waals surface area (Å²) in [6.45, 7) is 6.68. The summed E-state index contributed by atoms with van der Waals surface area (Å²) in [5.41, 5.74) is 1.81. The van der Waals surface area contributed by atoms with Gasteiger partial charge in [0.1, 0.15) is 0 Å². The number of hydrogen-bond donors (Lipinski definition) is 0. The van der Waals surface area contributed by atoms with Crippen LogP contribution in [0.3, 0.4) is 0 Å². The van der Waals surface area contributed by atoms with Gasteiger partial charge < -0.3 is 4.74 Å². The minimum Gasteiger partial charge on any atom is -0.465 e. The Labute approximate surface area is 129 Å². The molecule has 1 fully saturated rings. The Bertz CT molecular complexity index is 489. The van der Waals surface area contributed by atoms with Crippen molar-refractivity contribution in [2.75, 3.05) is 13.7 Å². The number of methoxy groups -OCH3 is 1. The number of likely N-dealkylation sites (tertiary alicyclic amines) is 1. The minimum absolute atomic E-state index is 0.294. The summed E-state index contributed by atoms with van der Waals surface area (Å²) in [4.78, 5) is 14.0. The van der Waals surface area contributed by atoms with Gasteiger partial charge in [-0.2, -0.15) is 0 Å². The number of hydrogen-bond acceptors (Lipinski definition) is 3. The third kappa shape index (κ3) is 3.61. The fraction of sp³-hybridized carbons (Fsp3) is 0.562. The molecular formula is C16H22BrNO2. The highest BCUT2D eigenvalue weighted by Gasteiger charge is 2.23. The summed E-state index contributed by atoms with van der Waals surface area (Å²) in [6, 6.07) is 6.32. The third-order valence-electron chi connectivity index (χ3n) is 4.09. The molecule has 0 radical (unpaired) electrons. The van der Waals surface area contributed by atoms with Crippen molar-refractivity contribution in [3.63, 3.8) is 0 Å². The lowest BCUT2D eigenvalue weighted by Crippen LogP contribution is -2.40. The first-order valence-electron chi connectivity index (χ1n) is 7.12. The number of ether oxygens (including phenoxy) is 1. The first kappa shape index (κ1) is 15.5. The van der Waals surface area contributed by atoms with Gasteiger partial charge in [0, 0.05) is 23.6 Å². The van der Waals surface area contributed by atoms with Crippen LogP contribution in [0.2, 0.25) is 0 Å². The van der Waals surface area contributed by atoms with Crippen LogP contribution >= 0.6 is 15.9 Å². The molecule has 2 atom stereocenters. The number of rotatable bonds is 3. The summed E-state index contributed by atoms with van der Waals surface area (Å²) >= 11 is 3.57. The van der Waals surface area contributed by atoms with E-state index in [9.17, 15) is 4.79 Å². The van der Waals surface area contributed by atoms with Gasteiger partial charge in [0.15, 0.2) is 0 Å². The van der Waals surface area contributed by atoms with Crippen LogP contribution in [0.25, 0.3) is 0 Å². The standard InChI is InChI=1S/C16H22BrNO2/c1-11-4-5-12(2)18(9-11)10-14-7-6-13(8-15(14)17)16(19)20-3/h6-8,11-12H,4-5,9-10H2,1-3H3. The molecule has 0 amide bonds. The summed E-state index contributed by atoms with van der Waals surface area (Å²) in [6.07, 6.45) is 2.58. The molecule has 1 aromatic rings. The van der Waals surface area contributed by atoms with Crippen LogP contribution in [0.1, 0.15) is 42.6 Å². The van der Waals surface area contributed by atoms with E-state index in [0.717, 1.165) is 23.5 Å². The van der Waals surface area contributed by atoms with E-state index < -0.39 is 0 Å². The SMILES string of the molecule is COC(=O)c1ccc(CN2CC(C)CCC2C)c(Br)c1. The predicted octanol–water partition coefficient (Wildman–Crippen LogP) is 3.86. The van der Waals surface area contributed by atoms with E-state index in [4.69, 9.17) is 4.74 Å². The third-order valence-corrected chi connectivity index (χ3v) is 4.83. The van der Waals surface area contributed by atoms with Crippen molar-refractivity contribution < 1.29 is 9.53 Å². The van der Waals surface area contributed by atoms with Crippen LogP contribution < -0.4 is 0 Å². The van der Waals surface area contributed by atoms with Crippen LogP contribution in [0, 0.1) is 5.92 Å². The van der Waals surface area contributed by atoms with E-state index in [2.05, 4.69) is 34.7 Å². The van der Waals surface area contributed by atoms with Gasteiger partial charge in [-0.15, -0.1) is 0 Å². The second-order valence-electron chi connectivity index (χ2n) is 5.76. The molecule has 2 rings (SSSR count). The molecule has 2 unspecified atom stereocenters. The van der Waals surface area contributed by atoms with Crippen LogP contribution in [-0.2, 0) is 11.3 Å². The maximum absolute atomic E-state index is 11.5. The van der Waals surface area contributed by atoms with Crippen molar-refractivity contribution in [3.05, 3.63) is 33.8 Å². The molecule has 4 heteroatoms. The highest BCUT2D eigenvalue weighted by atomic mass is 79.9. The summed E-state index contributed by atoms with van der Waals surface area (Å²) in [7, 11) is 1.40. The number of esters is 1. The average Bonchev–Trinajstić information content (AvgIpc) is 2.44. The second-order valence-corrected chi connectivity index (χ2v) is 6.61. The Balaban J connectivity index is 2.11. The molecule has 0 aliphatic carbocycles. The summed E-state index contributed by atoms with van der Waals surface area (Å²) < 4.78 is 5.72. The maximum Gasteiger partial charge on any atom is 0.337 e. The lowest BCUT2D eigenvalue weighted by atomic mass is 9.94. The molecule has 110 valence electrons. The van der Waals surface area contributed by atoms with E-state index in [0.29, 0.717) is 11.6 Å². The highest BCUT2D eigenvalue weighted by Crippen LogP contribution is 2.26. The maximum atomic E-state index is 11.5. The first-order valence-corrected chi connectivity index (χ1v) is 7.91. The fourth-order valence-electron chi connectivity index (χ4n) is 2.74. The van der Waals surface area contributed by atoms with E-state index in [1.54, 1.807) is 0 Å². The summed E-state index contributed by atoms with van der Waals surface area (Å²) in [5.74, 6) is 0.469. The Morgan fingerprint density at radius 1 is 1.40 bits per heavy atom. The van der Waals surface area contributed by atoms with Gasteiger partial charge in [-0.3, -0.25) is 4.90 Å². The van der Waals surface area contributed by atoms with Gasteiger partial charge in [0.05, 0.1) is 12.7 Å². The van der Waals surface area contributed by atoms with Crippen molar-refractivity contribution in [1.82, 2.24) is 4.90 Å².